The van der Waals surface area contributed by atoms with Crippen LogP contribution in [0.1, 0.15) is 39.5 Å². The maximum Gasteiger partial charge on any atom is 0.134 e. The molecule has 1 unspecified atom stereocenters. The predicted molar refractivity (Wildman–Crippen MR) is 53.4 cm³/mol. The Balaban J connectivity index is 2.23. The highest BCUT2D eigenvalue weighted by molar-refractivity contribution is 5.80. The Kier molecular flexibility index (Phi) is 2.27. The van der Waals surface area contributed by atoms with Gasteiger partial charge in [-0.25, -0.2) is 0 Å². The second-order valence-electron chi connectivity index (χ2n) is 4.79. The van der Waals surface area contributed by atoms with Crippen molar-refractivity contribution in [2.75, 3.05) is 0 Å². The molecule has 0 aliphatic heterocycles. The Bertz CT molecular complexity index is 252. The van der Waals surface area contributed by atoms with Crippen molar-refractivity contribution in [1.82, 2.24) is 0 Å². The van der Waals surface area contributed by atoms with Crippen LogP contribution in [0.2, 0.25) is 0 Å². The van der Waals surface area contributed by atoms with Gasteiger partial charge >= 0.3 is 0 Å². The van der Waals surface area contributed by atoms with Crippen LogP contribution in [0.25, 0.3) is 0 Å². The van der Waals surface area contributed by atoms with Crippen LogP contribution in [-0.2, 0) is 4.79 Å². The van der Waals surface area contributed by atoms with Crippen molar-refractivity contribution in [2.45, 2.75) is 39.5 Å². The Morgan fingerprint density at radius 1 is 1.31 bits per heavy atom. The molecule has 13 heavy (non-hydrogen) atoms. The van der Waals surface area contributed by atoms with Gasteiger partial charge in [0.15, 0.2) is 0 Å². The number of rotatable bonds is 0. The van der Waals surface area contributed by atoms with E-state index < -0.39 is 0 Å². The van der Waals surface area contributed by atoms with E-state index in [0.717, 1.165) is 18.8 Å². The Hall–Kier alpha value is -0.590. The summed E-state index contributed by atoms with van der Waals surface area (Å²) < 4.78 is 0. The molecule has 1 saturated carbocycles. The third kappa shape index (κ3) is 1.70. The van der Waals surface area contributed by atoms with E-state index in [4.69, 9.17) is 0 Å². The largest absolute Gasteiger partial charge is 0.300 e. The number of hydrogen-bond donors (Lipinski definition) is 0. The molecule has 3 atom stereocenters. The van der Waals surface area contributed by atoms with Gasteiger partial charge in [-0.1, -0.05) is 25.5 Å². The van der Waals surface area contributed by atoms with E-state index in [1.807, 2.05) is 0 Å². The zero-order valence-electron chi connectivity index (χ0n) is 8.55. The van der Waals surface area contributed by atoms with E-state index in [1.165, 1.54) is 12.8 Å². The first kappa shape index (κ1) is 8.98. The summed E-state index contributed by atoms with van der Waals surface area (Å²) >= 11 is 0. The fraction of sp³-hybridized carbons (Fsp3) is 0.750. The van der Waals surface area contributed by atoms with Crippen LogP contribution in [0, 0.1) is 17.8 Å². The number of fused-ring (bicyclic) bond motifs is 1. The fourth-order valence-corrected chi connectivity index (χ4v) is 2.80. The van der Waals surface area contributed by atoms with E-state index in [2.05, 4.69) is 19.9 Å². The third-order valence-corrected chi connectivity index (χ3v) is 3.55. The van der Waals surface area contributed by atoms with Gasteiger partial charge in [0.25, 0.3) is 0 Å². The maximum absolute atomic E-state index is 11.5. The molecule has 0 aromatic carbocycles. The molecule has 72 valence electrons. The molecule has 1 fully saturated rings. The number of carbonyl (C=O) groups excluding carboxylic acids is 1. The summed E-state index contributed by atoms with van der Waals surface area (Å²) in [5.74, 6) is 2.29. The van der Waals surface area contributed by atoms with Gasteiger partial charge in [-0.2, -0.15) is 0 Å². The number of hydrogen-bond acceptors (Lipinski definition) is 1. The normalized spacial score (nSPS) is 39.7. The van der Waals surface area contributed by atoms with Crippen LogP contribution in [0.3, 0.4) is 0 Å². The van der Waals surface area contributed by atoms with E-state index in [9.17, 15) is 4.79 Å². The van der Waals surface area contributed by atoms with Crippen LogP contribution >= 0.6 is 0 Å². The molecule has 2 aliphatic rings. The van der Waals surface area contributed by atoms with Crippen molar-refractivity contribution in [3.05, 3.63) is 11.6 Å². The summed E-state index contributed by atoms with van der Waals surface area (Å²) in [4.78, 5) is 11.5. The third-order valence-electron chi connectivity index (χ3n) is 3.55. The average molecular weight is 178 g/mol. The molecular formula is C12H18O. The van der Waals surface area contributed by atoms with Gasteiger partial charge in [0.1, 0.15) is 5.78 Å². The second kappa shape index (κ2) is 3.28. The zero-order chi connectivity index (χ0) is 9.42. The molecule has 0 spiro atoms. The van der Waals surface area contributed by atoms with E-state index in [1.54, 1.807) is 5.57 Å². The molecule has 2 aliphatic carbocycles. The zero-order valence-corrected chi connectivity index (χ0v) is 8.55. The molecule has 0 aromatic heterocycles. The van der Waals surface area contributed by atoms with Gasteiger partial charge in [-0.3, -0.25) is 4.79 Å². The molecule has 1 heteroatoms. The lowest BCUT2D eigenvalue weighted by Gasteiger charge is -2.13. The van der Waals surface area contributed by atoms with Crippen LogP contribution in [0.15, 0.2) is 11.6 Å². The molecular weight excluding hydrogens is 160 g/mol. The molecule has 0 bridgehead atoms. The van der Waals surface area contributed by atoms with Crippen molar-refractivity contribution >= 4 is 5.78 Å². The van der Waals surface area contributed by atoms with Crippen LogP contribution in [0.5, 0.6) is 0 Å². The summed E-state index contributed by atoms with van der Waals surface area (Å²) in [5, 5.41) is 0. The van der Waals surface area contributed by atoms with Gasteiger partial charge in [-0.05, 0) is 30.6 Å². The Morgan fingerprint density at radius 2 is 2.08 bits per heavy atom. The first-order chi connectivity index (χ1) is 6.16. The predicted octanol–water partition coefficient (Wildman–Crippen LogP) is 2.96. The Labute approximate surface area is 80.2 Å². The standard InChI is InChI=1S/C12H18O/c1-8-5-10-4-3-9(2)12(10)7-11(13)6-8/h5,8-9,12H,3-4,6-7H2,1-2H3/t8?,9-,12+/m1/s1. The molecule has 0 amide bonds. The van der Waals surface area contributed by atoms with Gasteiger partial charge in [0.05, 0.1) is 0 Å². The van der Waals surface area contributed by atoms with Crippen molar-refractivity contribution in [2.24, 2.45) is 17.8 Å². The number of allylic oxidation sites excluding steroid dienone is 2. The molecule has 1 nitrogen and oxygen atoms in total. The summed E-state index contributed by atoms with van der Waals surface area (Å²) in [5.41, 5.74) is 1.57. The highest BCUT2D eigenvalue weighted by Crippen LogP contribution is 2.41. The molecule has 2 rings (SSSR count). The fourth-order valence-electron chi connectivity index (χ4n) is 2.80. The highest BCUT2D eigenvalue weighted by atomic mass is 16.1. The van der Waals surface area contributed by atoms with Crippen molar-refractivity contribution in [3.63, 3.8) is 0 Å². The van der Waals surface area contributed by atoms with Crippen molar-refractivity contribution < 1.29 is 4.79 Å². The SMILES string of the molecule is CC1C=C2CC[C@@H](C)[C@@H]2CC(=O)C1. The first-order valence-corrected chi connectivity index (χ1v) is 5.39. The maximum atomic E-state index is 11.5. The van der Waals surface area contributed by atoms with Gasteiger partial charge < -0.3 is 0 Å². The lowest BCUT2D eigenvalue weighted by atomic mass is 9.91. The highest BCUT2D eigenvalue weighted by Gasteiger charge is 2.32. The monoisotopic (exact) mass is 178 g/mol. The average Bonchev–Trinajstić information content (AvgIpc) is 2.32. The van der Waals surface area contributed by atoms with Crippen LogP contribution in [-0.4, -0.2) is 5.78 Å². The number of carbonyl (C=O) groups is 1. The van der Waals surface area contributed by atoms with Crippen LogP contribution in [0.4, 0.5) is 0 Å². The van der Waals surface area contributed by atoms with Gasteiger partial charge in [0.2, 0.25) is 0 Å². The second-order valence-corrected chi connectivity index (χ2v) is 4.79. The minimum Gasteiger partial charge on any atom is -0.300 e. The van der Waals surface area contributed by atoms with Gasteiger partial charge in [-0.15, -0.1) is 0 Å². The summed E-state index contributed by atoms with van der Waals surface area (Å²) in [6, 6.07) is 0. The molecule has 0 radical (unpaired) electrons. The molecule has 0 aromatic rings. The number of Topliss-reactive ketones (excluding diaryl/α,β-unsaturated/α-hetero) is 1. The van der Waals surface area contributed by atoms with E-state index >= 15 is 0 Å². The van der Waals surface area contributed by atoms with Crippen LogP contribution < -0.4 is 0 Å². The molecule has 0 heterocycles. The first-order valence-electron chi connectivity index (χ1n) is 5.39. The van der Waals surface area contributed by atoms with E-state index in [-0.39, 0.29) is 0 Å². The molecule has 0 N–H and O–H groups in total. The Morgan fingerprint density at radius 3 is 2.85 bits per heavy atom. The van der Waals surface area contributed by atoms with E-state index in [0.29, 0.717) is 17.6 Å². The van der Waals surface area contributed by atoms with Gasteiger partial charge in [0, 0.05) is 12.8 Å². The summed E-state index contributed by atoms with van der Waals surface area (Å²) in [6.45, 7) is 4.45. The van der Waals surface area contributed by atoms with Crippen molar-refractivity contribution in [1.29, 1.82) is 0 Å². The molecule has 0 saturated heterocycles. The quantitative estimate of drug-likeness (QED) is 0.521. The summed E-state index contributed by atoms with van der Waals surface area (Å²) in [7, 11) is 0. The lowest BCUT2D eigenvalue weighted by Crippen LogP contribution is -2.10. The minimum atomic E-state index is 0.470. The topological polar surface area (TPSA) is 17.1 Å². The smallest absolute Gasteiger partial charge is 0.134 e. The minimum absolute atomic E-state index is 0.470. The van der Waals surface area contributed by atoms with Crippen molar-refractivity contribution in [3.8, 4) is 0 Å². The lowest BCUT2D eigenvalue weighted by molar-refractivity contribution is -0.120. The number of ketones is 1. The summed E-state index contributed by atoms with van der Waals surface area (Å²) in [6.07, 6.45) is 6.48.